The van der Waals surface area contributed by atoms with Crippen LogP contribution >= 0.6 is 0 Å². The second kappa shape index (κ2) is 8.04. The number of hydrogen-bond donors (Lipinski definition) is 0. The molecule has 0 amide bonds. The predicted molar refractivity (Wildman–Crippen MR) is 42.0 cm³/mol. The van der Waals surface area contributed by atoms with E-state index in [1.54, 1.807) is 0 Å². The van der Waals surface area contributed by atoms with Crippen molar-refractivity contribution in [1.82, 2.24) is 0 Å². The zero-order chi connectivity index (χ0) is 9.23. The molecule has 4 heteroatoms. The molecule has 12 heavy (non-hydrogen) atoms. The lowest BCUT2D eigenvalue weighted by Crippen LogP contribution is -2.03. The summed E-state index contributed by atoms with van der Waals surface area (Å²) in [5, 5.41) is 0. The van der Waals surface area contributed by atoms with Crippen LogP contribution in [0.5, 0.6) is 0 Å². The monoisotopic (exact) mass is 174 g/mol. The number of unbranched alkanes of at least 4 members (excludes halogenated alkanes) is 3. The van der Waals surface area contributed by atoms with Gasteiger partial charge in [0.05, 0.1) is 6.42 Å². The minimum absolute atomic E-state index is 0.0872. The highest BCUT2D eigenvalue weighted by Crippen LogP contribution is 2.03. The molecule has 0 aliphatic rings. The van der Waals surface area contributed by atoms with E-state index in [1.165, 1.54) is 0 Å². The highest BCUT2D eigenvalue weighted by molar-refractivity contribution is 5.69. The molecule has 70 valence electrons. The van der Waals surface area contributed by atoms with Gasteiger partial charge in [0, 0.05) is 0 Å². The molecule has 0 rings (SSSR count). The van der Waals surface area contributed by atoms with Crippen molar-refractivity contribution in [3.63, 3.8) is 0 Å². The third-order valence-electron chi connectivity index (χ3n) is 1.41. The topological polar surface area (TPSA) is 52.6 Å². The molecule has 0 saturated heterocycles. The van der Waals surface area contributed by atoms with Gasteiger partial charge in [0.2, 0.25) is 0 Å². The maximum atomic E-state index is 10.7. The van der Waals surface area contributed by atoms with Crippen LogP contribution in [0.3, 0.4) is 0 Å². The van der Waals surface area contributed by atoms with Gasteiger partial charge in [-0.3, -0.25) is 9.68 Å². The van der Waals surface area contributed by atoms with E-state index in [-0.39, 0.29) is 6.47 Å². The first-order chi connectivity index (χ1) is 5.81. The number of carbonyl (C=O) groups is 2. The summed E-state index contributed by atoms with van der Waals surface area (Å²) in [6, 6.07) is 0. The zero-order valence-corrected chi connectivity index (χ0v) is 7.25. The molecule has 0 atom stereocenters. The molecule has 4 nitrogen and oxygen atoms in total. The molecule has 0 aromatic carbocycles. The number of hydrogen-bond acceptors (Lipinski definition) is 4. The molecule has 0 bridgehead atoms. The zero-order valence-electron chi connectivity index (χ0n) is 7.25. The van der Waals surface area contributed by atoms with Crippen LogP contribution in [0, 0.1) is 0 Å². The fourth-order valence-electron chi connectivity index (χ4n) is 0.811. The minimum atomic E-state index is -0.488. The Morgan fingerprint density at radius 2 is 2.08 bits per heavy atom. The van der Waals surface area contributed by atoms with E-state index in [0.717, 1.165) is 25.7 Å². The number of carbonyl (C=O) groups excluding carboxylic acids is 2. The molecule has 0 aromatic heterocycles. The molecule has 0 N–H and O–H groups in total. The van der Waals surface area contributed by atoms with Crippen molar-refractivity contribution in [2.24, 2.45) is 0 Å². The standard InChI is InChI=1S/C8H14O4/c1-2-3-4-5-6-8(10)12-11-7-9/h7H,2-6H2,1H3. The van der Waals surface area contributed by atoms with Gasteiger partial charge in [-0.05, 0) is 6.42 Å². The van der Waals surface area contributed by atoms with Crippen molar-refractivity contribution < 1.29 is 19.4 Å². The lowest BCUT2D eigenvalue weighted by Gasteiger charge is -1.98. The predicted octanol–water partition coefficient (Wildman–Crippen LogP) is 1.59. The van der Waals surface area contributed by atoms with E-state index >= 15 is 0 Å². The van der Waals surface area contributed by atoms with E-state index < -0.39 is 5.97 Å². The SMILES string of the molecule is CCCCCCC(=O)OOC=O. The van der Waals surface area contributed by atoms with Crippen LogP contribution in [0.25, 0.3) is 0 Å². The first-order valence-corrected chi connectivity index (χ1v) is 4.11. The van der Waals surface area contributed by atoms with Crippen LogP contribution in [-0.4, -0.2) is 12.4 Å². The van der Waals surface area contributed by atoms with Gasteiger partial charge >= 0.3 is 12.4 Å². The van der Waals surface area contributed by atoms with Crippen molar-refractivity contribution in [2.75, 3.05) is 0 Å². The van der Waals surface area contributed by atoms with Gasteiger partial charge < -0.3 is 0 Å². The summed E-state index contributed by atoms with van der Waals surface area (Å²) in [6.45, 7) is 2.18. The Labute approximate surface area is 71.8 Å². The average molecular weight is 174 g/mol. The summed E-state index contributed by atoms with van der Waals surface area (Å²) in [5.41, 5.74) is 0. The van der Waals surface area contributed by atoms with Gasteiger partial charge in [0.15, 0.2) is 0 Å². The number of rotatable bonds is 7. The fourth-order valence-corrected chi connectivity index (χ4v) is 0.811. The lowest BCUT2D eigenvalue weighted by molar-refractivity contribution is -0.248. The van der Waals surface area contributed by atoms with Gasteiger partial charge in [-0.15, -0.1) is 0 Å². The van der Waals surface area contributed by atoms with Crippen molar-refractivity contribution in [3.05, 3.63) is 0 Å². The molecule has 0 aliphatic heterocycles. The van der Waals surface area contributed by atoms with Gasteiger partial charge in [-0.1, -0.05) is 26.2 Å². The van der Waals surface area contributed by atoms with Crippen LogP contribution in [-0.2, 0) is 19.4 Å². The Morgan fingerprint density at radius 3 is 2.67 bits per heavy atom. The van der Waals surface area contributed by atoms with E-state index in [0.29, 0.717) is 6.42 Å². The average Bonchev–Trinajstić information content (AvgIpc) is 2.09. The summed E-state index contributed by atoms with van der Waals surface area (Å²) in [4.78, 5) is 28.1. The summed E-state index contributed by atoms with van der Waals surface area (Å²) in [5.74, 6) is -0.488. The Morgan fingerprint density at radius 1 is 1.33 bits per heavy atom. The fraction of sp³-hybridized carbons (Fsp3) is 0.750. The smallest absolute Gasteiger partial charge is 0.251 e. The Kier molecular flexibility index (Phi) is 7.33. The molecule has 0 aromatic rings. The van der Waals surface area contributed by atoms with Crippen LogP contribution in [0.4, 0.5) is 0 Å². The van der Waals surface area contributed by atoms with Crippen LogP contribution in [0.2, 0.25) is 0 Å². The van der Waals surface area contributed by atoms with Crippen molar-refractivity contribution >= 4 is 12.4 Å². The molecule has 0 unspecified atom stereocenters. The minimum Gasteiger partial charge on any atom is -0.251 e. The molecule has 0 heterocycles. The highest BCUT2D eigenvalue weighted by Gasteiger charge is 2.02. The quantitative estimate of drug-likeness (QED) is 0.254. The van der Waals surface area contributed by atoms with Gasteiger partial charge in [-0.2, -0.15) is 0 Å². The summed E-state index contributed by atoms with van der Waals surface area (Å²) in [7, 11) is 0. The molecule has 0 spiro atoms. The van der Waals surface area contributed by atoms with Crippen LogP contribution in [0.15, 0.2) is 0 Å². The lowest BCUT2D eigenvalue weighted by atomic mass is 10.2. The molecule has 0 saturated carbocycles. The summed E-state index contributed by atoms with van der Waals surface area (Å²) in [6.07, 6.45) is 4.34. The highest BCUT2D eigenvalue weighted by atomic mass is 17.2. The van der Waals surface area contributed by atoms with Gasteiger partial charge in [0.25, 0.3) is 0 Å². The van der Waals surface area contributed by atoms with Gasteiger partial charge in [-0.25, -0.2) is 9.68 Å². The summed E-state index contributed by atoms with van der Waals surface area (Å²) >= 11 is 0. The molecular weight excluding hydrogens is 160 g/mol. The second-order valence-corrected chi connectivity index (χ2v) is 2.46. The van der Waals surface area contributed by atoms with E-state index in [2.05, 4.69) is 16.7 Å². The molecular formula is C8H14O4. The van der Waals surface area contributed by atoms with E-state index in [4.69, 9.17) is 0 Å². The van der Waals surface area contributed by atoms with E-state index in [1.807, 2.05) is 0 Å². The Hall–Kier alpha value is -1.06. The van der Waals surface area contributed by atoms with Gasteiger partial charge in [0.1, 0.15) is 0 Å². The molecule has 0 fully saturated rings. The molecule has 0 aliphatic carbocycles. The van der Waals surface area contributed by atoms with Crippen molar-refractivity contribution in [2.45, 2.75) is 39.0 Å². The van der Waals surface area contributed by atoms with Crippen LogP contribution in [0.1, 0.15) is 39.0 Å². The maximum Gasteiger partial charge on any atom is 0.355 e. The van der Waals surface area contributed by atoms with Crippen molar-refractivity contribution in [1.29, 1.82) is 0 Å². The van der Waals surface area contributed by atoms with E-state index in [9.17, 15) is 9.59 Å². The molecule has 0 radical (unpaired) electrons. The summed E-state index contributed by atoms with van der Waals surface area (Å²) < 4.78 is 0. The van der Waals surface area contributed by atoms with Crippen molar-refractivity contribution in [3.8, 4) is 0 Å². The first-order valence-electron chi connectivity index (χ1n) is 4.11. The second-order valence-electron chi connectivity index (χ2n) is 2.46. The maximum absolute atomic E-state index is 10.7. The third kappa shape index (κ3) is 7.05. The largest absolute Gasteiger partial charge is 0.355 e. The normalized spacial score (nSPS) is 9.08. The Balaban J connectivity index is 3.13. The first kappa shape index (κ1) is 10.9. The van der Waals surface area contributed by atoms with Crippen LogP contribution < -0.4 is 0 Å². The Bertz CT molecular complexity index is 133. The third-order valence-corrected chi connectivity index (χ3v) is 1.41.